The Morgan fingerprint density at radius 2 is 1.88 bits per heavy atom. The van der Waals surface area contributed by atoms with Crippen molar-refractivity contribution in [3.05, 3.63) is 29.3 Å². The molecule has 1 aromatic rings. The molecule has 0 heterocycles. The highest BCUT2D eigenvalue weighted by atomic mass is 35.5. The number of hydrogen-bond acceptors (Lipinski definition) is 3. The Morgan fingerprint density at radius 1 is 1.12 bits per heavy atom. The van der Waals surface area contributed by atoms with Gasteiger partial charge in [-0.1, -0.05) is 24.6 Å². The van der Waals surface area contributed by atoms with E-state index >= 15 is 0 Å². The maximum Gasteiger partial charge on any atom is 0.120 e. The smallest absolute Gasteiger partial charge is 0.120 e. The summed E-state index contributed by atoms with van der Waals surface area (Å²) in [7, 11) is 0. The maximum absolute atomic E-state index is 5.85. The third kappa shape index (κ3) is 7.21. The summed E-state index contributed by atoms with van der Waals surface area (Å²) in [5.74, 6) is 0.823. The fourth-order valence-electron chi connectivity index (χ4n) is 1.40. The molecule has 0 saturated heterocycles. The van der Waals surface area contributed by atoms with Gasteiger partial charge in [-0.2, -0.15) is 0 Å². The van der Waals surface area contributed by atoms with E-state index < -0.39 is 0 Å². The minimum Gasteiger partial charge on any atom is -0.492 e. The molecular weight excluding hydrogens is 236 g/mol. The van der Waals surface area contributed by atoms with Crippen LogP contribution in [0, 0.1) is 0 Å². The van der Waals surface area contributed by atoms with Gasteiger partial charge in [0.15, 0.2) is 0 Å². The van der Waals surface area contributed by atoms with E-state index in [2.05, 4.69) is 17.6 Å². The molecule has 0 spiro atoms. The number of halogens is 1. The van der Waals surface area contributed by atoms with E-state index in [0.29, 0.717) is 11.6 Å². The van der Waals surface area contributed by atoms with Crippen molar-refractivity contribution in [1.82, 2.24) is 10.6 Å². The first-order chi connectivity index (χ1) is 8.33. The average Bonchev–Trinajstić information content (AvgIpc) is 2.33. The van der Waals surface area contributed by atoms with Gasteiger partial charge in [0.05, 0.1) is 0 Å². The highest BCUT2D eigenvalue weighted by molar-refractivity contribution is 6.30. The lowest BCUT2D eigenvalue weighted by Crippen LogP contribution is -2.30. The van der Waals surface area contributed by atoms with Crippen LogP contribution in [0.3, 0.4) is 0 Å². The number of hydrogen-bond donors (Lipinski definition) is 2. The molecule has 0 amide bonds. The molecule has 2 N–H and O–H groups in total. The van der Waals surface area contributed by atoms with Crippen molar-refractivity contribution in [3.63, 3.8) is 0 Å². The van der Waals surface area contributed by atoms with Crippen molar-refractivity contribution in [2.24, 2.45) is 0 Å². The van der Waals surface area contributed by atoms with Gasteiger partial charge in [0.2, 0.25) is 0 Å². The zero-order valence-corrected chi connectivity index (χ0v) is 11.1. The van der Waals surface area contributed by atoms with E-state index in [1.54, 1.807) is 0 Å². The Bertz CT molecular complexity index is 307. The molecule has 1 rings (SSSR count). The van der Waals surface area contributed by atoms with Crippen LogP contribution in [0.2, 0.25) is 5.02 Å². The second-order valence-corrected chi connectivity index (χ2v) is 4.24. The fraction of sp³-hybridized carbons (Fsp3) is 0.538. The zero-order chi connectivity index (χ0) is 12.3. The van der Waals surface area contributed by atoms with Gasteiger partial charge in [0.25, 0.3) is 0 Å². The summed E-state index contributed by atoms with van der Waals surface area (Å²) >= 11 is 5.85. The highest BCUT2D eigenvalue weighted by Gasteiger charge is 1.94. The van der Waals surface area contributed by atoms with E-state index in [9.17, 15) is 0 Å². The largest absolute Gasteiger partial charge is 0.492 e. The number of ether oxygens (including phenoxy) is 1. The lowest BCUT2D eigenvalue weighted by molar-refractivity contribution is 0.314. The van der Waals surface area contributed by atoms with Crippen LogP contribution in [-0.4, -0.2) is 32.8 Å². The lowest BCUT2D eigenvalue weighted by Gasteiger charge is -2.08. The fourth-order valence-corrected chi connectivity index (χ4v) is 1.58. The van der Waals surface area contributed by atoms with Gasteiger partial charge in [0, 0.05) is 24.7 Å². The maximum atomic E-state index is 5.85. The summed E-state index contributed by atoms with van der Waals surface area (Å²) in [6.45, 7) is 6.73. The van der Waals surface area contributed by atoms with Gasteiger partial charge in [-0.05, 0) is 31.2 Å². The monoisotopic (exact) mass is 256 g/mol. The van der Waals surface area contributed by atoms with Crippen molar-refractivity contribution in [2.45, 2.75) is 13.3 Å². The van der Waals surface area contributed by atoms with Crippen LogP contribution in [0.4, 0.5) is 0 Å². The summed E-state index contributed by atoms with van der Waals surface area (Å²) in [4.78, 5) is 0. The predicted octanol–water partition coefficient (Wildman–Crippen LogP) is 2.31. The van der Waals surface area contributed by atoms with E-state index in [1.165, 1.54) is 6.42 Å². The van der Waals surface area contributed by atoms with Gasteiger partial charge < -0.3 is 15.4 Å². The molecule has 0 aromatic heterocycles. The Hall–Kier alpha value is -0.770. The molecule has 0 saturated carbocycles. The molecule has 17 heavy (non-hydrogen) atoms. The lowest BCUT2D eigenvalue weighted by atomic mass is 10.3. The molecule has 0 atom stereocenters. The first kappa shape index (κ1) is 14.3. The molecule has 1 aromatic carbocycles. The Kier molecular flexibility index (Phi) is 7.80. The van der Waals surface area contributed by atoms with E-state index in [-0.39, 0.29) is 0 Å². The topological polar surface area (TPSA) is 33.3 Å². The normalized spacial score (nSPS) is 10.5. The first-order valence-corrected chi connectivity index (χ1v) is 6.50. The van der Waals surface area contributed by atoms with Crippen molar-refractivity contribution in [3.8, 4) is 5.75 Å². The summed E-state index contributed by atoms with van der Waals surface area (Å²) in [6, 6.07) is 7.46. The van der Waals surface area contributed by atoms with Gasteiger partial charge in [0.1, 0.15) is 12.4 Å². The van der Waals surface area contributed by atoms with Crippen LogP contribution < -0.4 is 15.4 Å². The van der Waals surface area contributed by atoms with Crippen molar-refractivity contribution < 1.29 is 4.74 Å². The first-order valence-electron chi connectivity index (χ1n) is 6.12. The molecule has 3 nitrogen and oxygen atoms in total. The molecule has 0 aliphatic carbocycles. The SMILES string of the molecule is CCCNCCNCCOc1cccc(Cl)c1. The average molecular weight is 257 g/mol. The van der Waals surface area contributed by atoms with Crippen LogP contribution in [0.1, 0.15) is 13.3 Å². The third-order valence-electron chi connectivity index (χ3n) is 2.25. The molecule has 0 unspecified atom stereocenters. The van der Waals surface area contributed by atoms with E-state index in [0.717, 1.165) is 31.9 Å². The van der Waals surface area contributed by atoms with E-state index in [4.69, 9.17) is 16.3 Å². The van der Waals surface area contributed by atoms with Crippen molar-refractivity contribution in [1.29, 1.82) is 0 Å². The quantitative estimate of drug-likeness (QED) is 0.666. The second kappa shape index (κ2) is 9.28. The van der Waals surface area contributed by atoms with Gasteiger partial charge in [-0.15, -0.1) is 0 Å². The van der Waals surface area contributed by atoms with Crippen molar-refractivity contribution in [2.75, 3.05) is 32.8 Å². The molecule has 0 radical (unpaired) electrons. The Labute approximate surface area is 109 Å². The Morgan fingerprint density at radius 3 is 2.59 bits per heavy atom. The predicted molar refractivity (Wildman–Crippen MR) is 73.0 cm³/mol. The van der Waals surface area contributed by atoms with Crippen LogP contribution in [0.5, 0.6) is 5.75 Å². The molecule has 0 aliphatic rings. The third-order valence-corrected chi connectivity index (χ3v) is 2.48. The summed E-state index contributed by atoms with van der Waals surface area (Å²) in [5.41, 5.74) is 0. The number of nitrogens with one attached hydrogen (secondary N) is 2. The standard InChI is InChI=1S/C13H21ClN2O/c1-2-6-15-7-8-16-9-10-17-13-5-3-4-12(14)11-13/h3-5,11,15-16H,2,6-10H2,1H3. The number of benzene rings is 1. The summed E-state index contributed by atoms with van der Waals surface area (Å²) in [5, 5.41) is 7.35. The zero-order valence-electron chi connectivity index (χ0n) is 10.3. The summed E-state index contributed by atoms with van der Waals surface area (Å²) < 4.78 is 5.55. The van der Waals surface area contributed by atoms with Crippen LogP contribution in [0.15, 0.2) is 24.3 Å². The number of rotatable bonds is 9. The highest BCUT2D eigenvalue weighted by Crippen LogP contribution is 2.16. The summed E-state index contributed by atoms with van der Waals surface area (Å²) in [6.07, 6.45) is 1.18. The minimum absolute atomic E-state index is 0.661. The molecule has 0 fully saturated rings. The van der Waals surface area contributed by atoms with Crippen LogP contribution >= 0.6 is 11.6 Å². The van der Waals surface area contributed by atoms with Gasteiger partial charge in [-0.3, -0.25) is 0 Å². The minimum atomic E-state index is 0.661. The molecule has 0 aliphatic heterocycles. The van der Waals surface area contributed by atoms with Crippen molar-refractivity contribution >= 4 is 11.6 Å². The van der Waals surface area contributed by atoms with Gasteiger partial charge in [-0.25, -0.2) is 0 Å². The molecule has 0 bridgehead atoms. The second-order valence-electron chi connectivity index (χ2n) is 3.81. The Balaban J connectivity index is 1.97. The van der Waals surface area contributed by atoms with Gasteiger partial charge >= 0.3 is 0 Å². The van der Waals surface area contributed by atoms with Crippen LogP contribution in [0.25, 0.3) is 0 Å². The molecule has 96 valence electrons. The molecular formula is C13H21ClN2O. The molecule has 4 heteroatoms. The van der Waals surface area contributed by atoms with Crippen LogP contribution in [-0.2, 0) is 0 Å². The van der Waals surface area contributed by atoms with E-state index in [1.807, 2.05) is 24.3 Å².